The molecule has 0 aliphatic rings. The van der Waals surface area contributed by atoms with Crippen molar-refractivity contribution in [3.63, 3.8) is 0 Å². The van der Waals surface area contributed by atoms with Gasteiger partial charge in [0.05, 0.1) is 5.52 Å². The van der Waals surface area contributed by atoms with Gasteiger partial charge in [-0.05, 0) is 46.7 Å². The van der Waals surface area contributed by atoms with Crippen LogP contribution >= 0.6 is 11.6 Å². The average molecular weight is 284 g/mol. The molecular formula is C18H18ClN. The van der Waals surface area contributed by atoms with Gasteiger partial charge in [0.25, 0.3) is 0 Å². The first-order valence-electron chi connectivity index (χ1n) is 6.83. The van der Waals surface area contributed by atoms with E-state index in [1.807, 2.05) is 6.07 Å². The largest absolute Gasteiger partial charge is 0.317 e. The van der Waals surface area contributed by atoms with E-state index < -0.39 is 0 Å². The van der Waals surface area contributed by atoms with E-state index in [0.29, 0.717) is 0 Å². The second kappa shape index (κ2) is 4.68. The number of para-hydroxylation sites is 1. The molecule has 0 aliphatic heterocycles. The zero-order valence-electron chi connectivity index (χ0n) is 12.0. The van der Waals surface area contributed by atoms with Crippen molar-refractivity contribution < 1.29 is 0 Å². The summed E-state index contributed by atoms with van der Waals surface area (Å²) in [6, 6.07) is 16.8. The number of rotatable bonds is 1. The number of nitrogens with zero attached hydrogens (tertiary/aromatic N) is 1. The van der Waals surface area contributed by atoms with Crippen molar-refractivity contribution in [1.82, 2.24) is 4.57 Å². The van der Waals surface area contributed by atoms with E-state index >= 15 is 0 Å². The molecule has 20 heavy (non-hydrogen) atoms. The van der Waals surface area contributed by atoms with Gasteiger partial charge in [-0.15, -0.1) is 0 Å². The molecule has 0 saturated heterocycles. The normalized spacial score (nSPS) is 12.0. The third-order valence-corrected chi connectivity index (χ3v) is 3.84. The molecular weight excluding hydrogens is 266 g/mol. The lowest BCUT2D eigenvalue weighted by Gasteiger charge is -2.21. The van der Waals surface area contributed by atoms with Crippen LogP contribution in [0.5, 0.6) is 0 Å². The summed E-state index contributed by atoms with van der Waals surface area (Å²) in [6.07, 6.45) is 2.10. The SMILES string of the molecule is CC(C)(C)c1cc(Cl)cc(-n2ccc3ccccc32)c1. The van der Waals surface area contributed by atoms with Crippen molar-refractivity contribution in [2.45, 2.75) is 26.2 Å². The Labute approximate surface area is 124 Å². The Balaban J connectivity index is 2.22. The maximum Gasteiger partial charge on any atom is 0.0528 e. The summed E-state index contributed by atoms with van der Waals surface area (Å²) in [5.74, 6) is 0. The van der Waals surface area contributed by atoms with Crippen LogP contribution in [0.2, 0.25) is 5.02 Å². The molecule has 1 nitrogen and oxygen atoms in total. The van der Waals surface area contributed by atoms with Gasteiger partial charge in [-0.2, -0.15) is 0 Å². The number of hydrogen-bond acceptors (Lipinski definition) is 0. The van der Waals surface area contributed by atoms with Gasteiger partial charge >= 0.3 is 0 Å². The quantitative estimate of drug-likeness (QED) is 0.549. The molecule has 102 valence electrons. The average Bonchev–Trinajstić information content (AvgIpc) is 2.80. The van der Waals surface area contributed by atoms with Gasteiger partial charge in [0.15, 0.2) is 0 Å². The predicted molar refractivity (Wildman–Crippen MR) is 87.0 cm³/mol. The summed E-state index contributed by atoms with van der Waals surface area (Å²) in [5.41, 5.74) is 3.65. The first kappa shape index (κ1) is 13.3. The number of benzene rings is 2. The summed E-state index contributed by atoms with van der Waals surface area (Å²) < 4.78 is 2.19. The number of hydrogen-bond donors (Lipinski definition) is 0. The van der Waals surface area contributed by atoms with Crippen molar-refractivity contribution in [1.29, 1.82) is 0 Å². The van der Waals surface area contributed by atoms with E-state index in [4.69, 9.17) is 11.6 Å². The third-order valence-electron chi connectivity index (χ3n) is 3.63. The summed E-state index contributed by atoms with van der Waals surface area (Å²) >= 11 is 6.31. The van der Waals surface area contributed by atoms with E-state index in [-0.39, 0.29) is 5.41 Å². The zero-order valence-corrected chi connectivity index (χ0v) is 12.8. The molecule has 0 bridgehead atoms. The highest BCUT2D eigenvalue weighted by molar-refractivity contribution is 6.30. The standard InChI is InChI=1S/C18H18ClN/c1-18(2,3)14-10-15(19)12-16(11-14)20-9-8-13-6-4-5-7-17(13)20/h4-12H,1-3H3. The second-order valence-corrected chi connectivity index (χ2v) is 6.63. The molecule has 0 radical (unpaired) electrons. The lowest BCUT2D eigenvalue weighted by atomic mass is 9.87. The van der Waals surface area contributed by atoms with Crippen LogP contribution in [0.1, 0.15) is 26.3 Å². The molecule has 2 aromatic carbocycles. The highest BCUT2D eigenvalue weighted by Gasteiger charge is 2.16. The lowest BCUT2D eigenvalue weighted by molar-refractivity contribution is 0.590. The smallest absolute Gasteiger partial charge is 0.0528 e. The molecule has 0 N–H and O–H groups in total. The maximum atomic E-state index is 6.31. The minimum absolute atomic E-state index is 0.0859. The fourth-order valence-electron chi connectivity index (χ4n) is 2.45. The molecule has 1 heterocycles. The topological polar surface area (TPSA) is 4.93 Å². The van der Waals surface area contributed by atoms with Gasteiger partial charge in [-0.25, -0.2) is 0 Å². The predicted octanol–water partition coefficient (Wildman–Crippen LogP) is 5.58. The molecule has 0 fully saturated rings. The van der Waals surface area contributed by atoms with Gasteiger partial charge in [0, 0.05) is 16.9 Å². The molecule has 3 aromatic rings. The van der Waals surface area contributed by atoms with Crippen LogP contribution in [0.15, 0.2) is 54.7 Å². The van der Waals surface area contributed by atoms with E-state index in [0.717, 1.165) is 10.7 Å². The third kappa shape index (κ3) is 2.34. The van der Waals surface area contributed by atoms with E-state index in [1.165, 1.54) is 16.5 Å². The van der Waals surface area contributed by atoms with Crippen LogP contribution in [0.25, 0.3) is 16.6 Å². The fourth-order valence-corrected chi connectivity index (χ4v) is 2.68. The Morgan fingerprint density at radius 3 is 2.45 bits per heavy atom. The van der Waals surface area contributed by atoms with Gasteiger partial charge in [0.2, 0.25) is 0 Å². The number of aromatic nitrogens is 1. The van der Waals surface area contributed by atoms with E-state index in [2.05, 4.69) is 74.0 Å². The van der Waals surface area contributed by atoms with Crippen LogP contribution in [0.3, 0.4) is 0 Å². The van der Waals surface area contributed by atoms with Gasteiger partial charge < -0.3 is 4.57 Å². The molecule has 0 amide bonds. The Hall–Kier alpha value is -1.73. The summed E-state index contributed by atoms with van der Waals surface area (Å²) in [7, 11) is 0. The molecule has 0 saturated carbocycles. The first-order valence-corrected chi connectivity index (χ1v) is 7.20. The van der Waals surface area contributed by atoms with Crippen molar-refractivity contribution in [2.75, 3.05) is 0 Å². The van der Waals surface area contributed by atoms with Crippen LogP contribution in [0.4, 0.5) is 0 Å². The molecule has 0 spiro atoms. The first-order chi connectivity index (χ1) is 9.45. The number of halogens is 1. The van der Waals surface area contributed by atoms with Crippen molar-refractivity contribution in [2.24, 2.45) is 0 Å². The Morgan fingerprint density at radius 2 is 1.70 bits per heavy atom. The summed E-state index contributed by atoms with van der Waals surface area (Å²) in [5, 5.41) is 2.02. The molecule has 0 atom stereocenters. The fraction of sp³-hybridized carbons (Fsp3) is 0.222. The lowest BCUT2D eigenvalue weighted by Crippen LogP contribution is -2.11. The number of fused-ring (bicyclic) bond motifs is 1. The molecule has 3 rings (SSSR count). The Kier molecular flexibility index (Phi) is 3.10. The minimum atomic E-state index is 0.0859. The van der Waals surface area contributed by atoms with Crippen molar-refractivity contribution in [3.8, 4) is 5.69 Å². The van der Waals surface area contributed by atoms with Crippen LogP contribution in [0, 0.1) is 0 Å². The molecule has 0 aliphatic carbocycles. The minimum Gasteiger partial charge on any atom is -0.317 e. The molecule has 1 aromatic heterocycles. The van der Waals surface area contributed by atoms with Crippen molar-refractivity contribution >= 4 is 22.5 Å². The molecule has 0 unspecified atom stereocenters. The zero-order chi connectivity index (χ0) is 14.3. The van der Waals surface area contributed by atoms with E-state index in [1.54, 1.807) is 0 Å². The monoisotopic (exact) mass is 283 g/mol. The van der Waals surface area contributed by atoms with E-state index in [9.17, 15) is 0 Å². The maximum absolute atomic E-state index is 6.31. The van der Waals surface area contributed by atoms with Crippen LogP contribution in [-0.2, 0) is 5.41 Å². The highest BCUT2D eigenvalue weighted by Crippen LogP contribution is 2.29. The Morgan fingerprint density at radius 1 is 0.950 bits per heavy atom. The van der Waals surface area contributed by atoms with Gasteiger partial charge in [-0.3, -0.25) is 0 Å². The summed E-state index contributed by atoms with van der Waals surface area (Å²) in [4.78, 5) is 0. The van der Waals surface area contributed by atoms with Gasteiger partial charge in [-0.1, -0.05) is 50.6 Å². The van der Waals surface area contributed by atoms with Gasteiger partial charge in [0.1, 0.15) is 0 Å². The second-order valence-electron chi connectivity index (χ2n) is 6.19. The van der Waals surface area contributed by atoms with Crippen LogP contribution < -0.4 is 0 Å². The molecule has 2 heteroatoms. The Bertz CT molecular complexity index is 762. The van der Waals surface area contributed by atoms with Crippen molar-refractivity contribution in [3.05, 3.63) is 65.3 Å². The highest BCUT2D eigenvalue weighted by atomic mass is 35.5. The summed E-state index contributed by atoms with van der Waals surface area (Å²) in [6.45, 7) is 6.61. The van der Waals surface area contributed by atoms with Crippen LogP contribution in [-0.4, -0.2) is 4.57 Å².